The third kappa shape index (κ3) is 6.14. The van der Waals surface area contributed by atoms with E-state index in [1.165, 1.54) is 23.3 Å². The molecule has 1 fully saturated rings. The van der Waals surface area contributed by atoms with Gasteiger partial charge in [0.05, 0.1) is 11.5 Å². The first-order chi connectivity index (χ1) is 14.4. The Balaban J connectivity index is 1.61. The van der Waals surface area contributed by atoms with Gasteiger partial charge in [0.15, 0.2) is 9.84 Å². The van der Waals surface area contributed by atoms with Gasteiger partial charge in [-0.25, -0.2) is 8.42 Å². The van der Waals surface area contributed by atoms with Gasteiger partial charge in [0.1, 0.15) is 0 Å². The van der Waals surface area contributed by atoms with Crippen molar-refractivity contribution in [3.05, 3.63) is 52.2 Å². The Morgan fingerprint density at radius 3 is 2.47 bits per heavy atom. The zero-order valence-electron chi connectivity index (χ0n) is 17.6. The highest BCUT2D eigenvalue weighted by Crippen LogP contribution is 2.21. The summed E-state index contributed by atoms with van der Waals surface area (Å²) in [4.78, 5) is 19.2. The number of thiophene rings is 1. The van der Waals surface area contributed by atoms with E-state index in [-0.39, 0.29) is 16.8 Å². The molecule has 2 heterocycles. The van der Waals surface area contributed by atoms with Crippen molar-refractivity contribution < 1.29 is 17.9 Å². The molecule has 1 amide bonds. The molecule has 0 radical (unpaired) electrons. The van der Waals surface area contributed by atoms with Crippen LogP contribution in [0.5, 0.6) is 0 Å². The molecule has 8 heteroatoms. The summed E-state index contributed by atoms with van der Waals surface area (Å²) in [5.74, 6) is -0.0656. The number of rotatable bonds is 9. The fourth-order valence-electron chi connectivity index (χ4n) is 3.83. The van der Waals surface area contributed by atoms with Crippen molar-refractivity contribution >= 4 is 27.1 Å². The summed E-state index contributed by atoms with van der Waals surface area (Å²) in [7, 11) is -1.64. The van der Waals surface area contributed by atoms with E-state index in [1.807, 2.05) is 4.90 Å². The van der Waals surface area contributed by atoms with Crippen LogP contribution in [0.1, 0.15) is 28.1 Å². The van der Waals surface area contributed by atoms with E-state index < -0.39 is 9.84 Å². The van der Waals surface area contributed by atoms with Crippen LogP contribution in [0.15, 0.2) is 46.7 Å². The molecule has 1 aromatic heterocycles. The van der Waals surface area contributed by atoms with E-state index in [4.69, 9.17) is 4.74 Å². The highest BCUT2D eigenvalue weighted by molar-refractivity contribution is 7.90. The molecule has 6 nitrogen and oxygen atoms in total. The maximum Gasteiger partial charge on any atom is 0.254 e. The van der Waals surface area contributed by atoms with Gasteiger partial charge in [0, 0.05) is 56.0 Å². The standard InChI is InChI=1S/C22H30N2O4S2/c1-28-16-15-24(22(25)18-5-7-21(8-6-18)30(2,26)27)19-9-12-23(13-10-19)14-11-20-4-3-17-29-20/h3-8,17,19H,9-16H2,1-2H3. The smallest absolute Gasteiger partial charge is 0.254 e. The van der Waals surface area contributed by atoms with Gasteiger partial charge in [-0.2, -0.15) is 0 Å². The molecule has 164 valence electrons. The minimum Gasteiger partial charge on any atom is -0.383 e. The number of hydrogen-bond acceptors (Lipinski definition) is 6. The Hall–Kier alpha value is -1.74. The predicted molar refractivity (Wildman–Crippen MR) is 120 cm³/mol. The second-order valence-corrected chi connectivity index (χ2v) is 10.7. The maximum atomic E-state index is 13.2. The van der Waals surface area contributed by atoms with Crippen molar-refractivity contribution in [3.63, 3.8) is 0 Å². The highest BCUT2D eigenvalue weighted by atomic mass is 32.2. The monoisotopic (exact) mass is 450 g/mol. The fraction of sp³-hybridized carbons (Fsp3) is 0.500. The van der Waals surface area contributed by atoms with Gasteiger partial charge in [-0.1, -0.05) is 6.07 Å². The second-order valence-electron chi connectivity index (χ2n) is 7.69. The highest BCUT2D eigenvalue weighted by Gasteiger charge is 2.28. The number of ether oxygens (including phenoxy) is 1. The molecule has 0 N–H and O–H groups in total. The van der Waals surface area contributed by atoms with E-state index in [0.717, 1.165) is 38.9 Å². The van der Waals surface area contributed by atoms with Crippen molar-refractivity contribution in [2.45, 2.75) is 30.2 Å². The first-order valence-electron chi connectivity index (χ1n) is 10.2. The molecule has 3 rings (SSSR count). The number of methoxy groups -OCH3 is 1. The van der Waals surface area contributed by atoms with Crippen molar-refractivity contribution in [2.75, 3.05) is 46.2 Å². The van der Waals surface area contributed by atoms with Crippen molar-refractivity contribution in [1.82, 2.24) is 9.80 Å². The number of piperidine rings is 1. The molecule has 30 heavy (non-hydrogen) atoms. The minimum atomic E-state index is -3.28. The number of amides is 1. The van der Waals surface area contributed by atoms with E-state index in [2.05, 4.69) is 22.4 Å². The fourth-order valence-corrected chi connectivity index (χ4v) is 5.16. The summed E-state index contributed by atoms with van der Waals surface area (Å²) in [5.41, 5.74) is 0.513. The summed E-state index contributed by atoms with van der Waals surface area (Å²) < 4.78 is 28.6. The SMILES string of the molecule is COCCN(C(=O)c1ccc(S(C)(=O)=O)cc1)C1CCN(CCc2cccs2)CC1. The summed E-state index contributed by atoms with van der Waals surface area (Å²) in [5, 5.41) is 2.11. The van der Waals surface area contributed by atoms with Gasteiger partial charge in [0.25, 0.3) is 5.91 Å². The van der Waals surface area contributed by atoms with Crippen LogP contribution < -0.4 is 0 Å². The van der Waals surface area contributed by atoms with Gasteiger partial charge >= 0.3 is 0 Å². The molecule has 0 aliphatic carbocycles. The first-order valence-corrected chi connectivity index (χ1v) is 13.0. The largest absolute Gasteiger partial charge is 0.383 e. The predicted octanol–water partition coefficient (Wildman–Crippen LogP) is 2.95. The van der Waals surface area contributed by atoms with E-state index in [9.17, 15) is 13.2 Å². The first kappa shape index (κ1) is 22.9. The number of sulfone groups is 1. The molecule has 1 aliphatic heterocycles. The Kier molecular flexibility index (Phi) is 8.05. The number of carbonyl (C=O) groups is 1. The average Bonchev–Trinajstić information content (AvgIpc) is 3.26. The third-order valence-corrected chi connectivity index (χ3v) is 7.64. The molecule has 0 bridgehead atoms. The lowest BCUT2D eigenvalue weighted by Crippen LogP contribution is -2.48. The molecule has 0 saturated carbocycles. The van der Waals surface area contributed by atoms with Crippen LogP contribution in [-0.4, -0.2) is 76.3 Å². The van der Waals surface area contributed by atoms with Gasteiger partial charge < -0.3 is 14.5 Å². The molecule has 1 saturated heterocycles. The van der Waals surface area contributed by atoms with Crippen LogP contribution in [0.2, 0.25) is 0 Å². The summed E-state index contributed by atoms with van der Waals surface area (Å²) in [6.07, 6.45) is 4.10. The Morgan fingerprint density at radius 1 is 1.20 bits per heavy atom. The summed E-state index contributed by atoms with van der Waals surface area (Å²) >= 11 is 1.80. The van der Waals surface area contributed by atoms with Crippen LogP contribution in [0.3, 0.4) is 0 Å². The summed E-state index contributed by atoms with van der Waals surface area (Å²) in [6.45, 7) is 4.00. The van der Waals surface area contributed by atoms with Crippen LogP contribution >= 0.6 is 11.3 Å². The molecule has 2 aromatic rings. The zero-order chi connectivity index (χ0) is 21.6. The topological polar surface area (TPSA) is 66.9 Å². The lowest BCUT2D eigenvalue weighted by Gasteiger charge is -2.38. The number of hydrogen-bond donors (Lipinski definition) is 0. The average molecular weight is 451 g/mol. The molecule has 0 spiro atoms. The molecular formula is C22H30N2O4S2. The Labute approximate surface area is 183 Å². The lowest BCUT2D eigenvalue weighted by molar-refractivity contribution is 0.0486. The molecule has 1 aromatic carbocycles. The number of likely N-dealkylation sites (tertiary alicyclic amines) is 1. The van der Waals surface area contributed by atoms with E-state index in [1.54, 1.807) is 30.6 Å². The van der Waals surface area contributed by atoms with Crippen molar-refractivity contribution in [1.29, 1.82) is 0 Å². The Morgan fingerprint density at radius 2 is 1.90 bits per heavy atom. The normalized spacial score (nSPS) is 15.9. The lowest BCUT2D eigenvalue weighted by atomic mass is 10.0. The van der Waals surface area contributed by atoms with Crippen LogP contribution in [0.25, 0.3) is 0 Å². The molecule has 0 unspecified atom stereocenters. The van der Waals surface area contributed by atoms with E-state index >= 15 is 0 Å². The third-order valence-electron chi connectivity index (χ3n) is 5.58. The molecular weight excluding hydrogens is 420 g/mol. The number of benzene rings is 1. The van der Waals surface area contributed by atoms with Crippen LogP contribution in [0, 0.1) is 0 Å². The number of carbonyl (C=O) groups excluding carboxylic acids is 1. The van der Waals surface area contributed by atoms with Gasteiger partial charge in [-0.15, -0.1) is 11.3 Å². The molecule has 1 aliphatic rings. The van der Waals surface area contributed by atoms with Gasteiger partial charge in [-0.3, -0.25) is 4.79 Å². The quantitative estimate of drug-likeness (QED) is 0.588. The van der Waals surface area contributed by atoms with Crippen LogP contribution in [0.4, 0.5) is 0 Å². The zero-order valence-corrected chi connectivity index (χ0v) is 19.3. The Bertz CT molecular complexity index is 903. The second kappa shape index (κ2) is 10.5. The van der Waals surface area contributed by atoms with Gasteiger partial charge in [-0.05, 0) is 55.0 Å². The van der Waals surface area contributed by atoms with Crippen molar-refractivity contribution in [2.24, 2.45) is 0 Å². The van der Waals surface area contributed by atoms with Gasteiger partial charge in [0.2, 0.25) is 0 Å². The number of nitrogens with zero attached hydrogens (tertiary/aromatic N) is 2. The van der Waals surface area contributed by atoms with Crippen molar-refractivity contribution in [3.8, 4) is 0 Å². The summed E-state index contributed by atoms with van der Waals surface area (Å²) in [6, 6.07) is 10.7. The minimum absolute atomic E-state index is 0.0656. The molecule has 0 atom stereocenters. The van der Waals surface area contributed by atoms with E-state index in [0.29, 0.717) is 18.7 Å². The van der Waals surface area contributed by atoms with Crippen LogP contribution in [-0.2, 0) is 21.0 Å². The maximum absolute atomic E-state index is 13.2.